The zero-order valence-electron chi connectivity index (χ0n) is 12.1. The molecule has 112 valence electrons. The van der Waals surface area contributed by atoms with Gasteiger partial charge in [-0.05, 0) is 26.3 Å². The van der Waals surface area contributed by atoms with E-state index in [0.29, 0.717) is 30.1 Å². The van der Waals surface area contributed by atoms with Crippen LogP contribution in [0, 0.1) is 13.8 Å². The maximum atomic E-state index is 12.7. The number of esters is 1. The van der Waals surface area contributed by atoms with Gasteiger partial charge in [-0.2, -0.15) is 0 Å². The second-order valence-corrected chi connectivity index (χ2v) is 7.34. The van der Waals surface area contributed by atoms with Crippen molar-refractivity contribution in [1.29, 1.82) is 0 Å². The molecule has 0 spiro atoms. The van der Waals surface area contributed by atoms with Gasteiger partial charge in [-0.3, -0.25) is 14.2 Å². The zero-order chi connectivity index (χ0) is 15.1. The first-order chi connectivity index (χ1) is 10.0. The van der Waals surface area contributed by atoms with Crippen LogP contribution in [-0.4, -0.2) is 27.4 Å². The van der Waals surface area contributed by atoms with Crippen LogP contribution < -0.4 is 5.56 Å². The Morgan fingerprint density at radius 2 is 2.19 bits per heavy atom. The minimum absolute atomic E-state index is 0.0155. The third-order valence-electron chi connectivity index (χ3n) is 3.70. The van der Waals surface area contributed by atoms with Gasteiger partial charge in [0.1, 0.15) is 10.1 Å². The van der Waals surface area contributed by atoms with Crippen molar-refractivity contribution < 1.29 is 9.53 Å². The van der Waals surface area contributed by atoms with E-state index >= 15 is 0 Å². The summed E-state index contributed by atoms with van der Waals surface area (Å²) in [6.45, 7) is 6.87. The lowest BCUT2D eigenvalue weighted by Gasteiger charge is -2.11. The summed E-state index contributed by atoms with van der Waals surface area (Å²) in [5.41, 5.74) is 0.991. The Labute approximate surface area is 130 Å². The molecule has 1 fully saturated rings. The number of thioether (sulfide) groups is 1. The highest BCUT2D eigenvalue weighted by atomic mass is 32.2. The van der Waals surface area contributed by atoms with Crippen LogP contribution >= 0.6 is 23.1 Å². The van der Waals surface area contributed by atoms with Gasteiger partial charge in [-0.1, -0.05) is 11.8 Å². The van der Waals surface area contributed by atoms with Crippen LogP contribution in [-0.2, 0) is 16.1 Å². The van der Waals surface area contributed by atoms with Gasteiger partial charge < -0.3 is 4.74 Å². The smallest absolute Gasteiger partial charge is 0.319 e. The molecule has 3 heterocycles. The number of ether oxygens (including phenoxy) is 1. The van der Waals surface area contributed by atoms with Crippen molar-refractivity contribution in [2.24, 2.45) is 0 Å². The number of carbonyl (C=O) groups is 1. The average molecular weight is 324 g/mol. The lowest BCUT2D eigenvalue weighted by Crippen LogP contribution is -2.23. The number of aryl methyl sites for hydroxylation is 2. The van der Waals surface area contributed by atoms with Crippen molar-refractivity contribution in [3.8, 4) is 0 Å². The second kappa shape index (κ2) is 5.46. The van der Waals surface area contributed by atoms with Crippen molar-refractivity contribution in [3.05, 3.63) is 20.8 Å². The fourth-order valence-corrected chi connectivity index (χ4v) is 4.58. The Kier molecular flexibility index (Phi) is 3.79. The van der Waals surface area contributed by atoms with Crippen LogP contribution in [0.2, 0.25) is 0 Å². The lowest BCUT2D eigenvalue weighted by atomic mass is 10.2. The molecule has 1 saturated heterocycles. The monoisotopic (exact) mass is 324 g/mol. The predicted molar refractivity (Wildman–Crippen MR) is 84.2 cm³/mol. The van der Waals surface area contributed by atoms with Gasteiger partial charge in [0.2, 0.25) is 0 Å². The van der Waals surface area contributed by atoms with Crippen LogP contribution in [0.1, 0.15) is 23.8 Å². The summed E-state index contributed by atoms with van der Waals surface area (Å²) in [6, 6.07) is 0. The summed E-state index contributed by atoms with van der Waals surface area (Å²) in [5.74, 6) is -0.212. The van der Waals surface area contributed by atoms with Crippen molar-refractivity contribution in [1.82, 2.24) is 9.55 Å². The molecule has 0 radical (unpaired) electrons. The quantitative estimate of drug-likeness (QED) is 0.641. The third kappa shape index (κ3) is 2.38. The van der Waals surface area contributed by atoms with Crippen LogP contribution in [0.4, 0.5) is 0 Å². The van der Waals surface area contributed by atoms with E-state index in [4.69, 9.17) is 4.74 Å². The number of cyclic esters (lactones) is 1. The molecule has 0 N–H and O–H groups in total. The van der Waals surface area contributed by atoms with Crippen molar-refractivity contribution in [2.45, 2.75) is 44.1 Å². The largest absolute Gasteiger partial charge is 0.465 e. The Hall–Kier alpha value is -1.34. The van der Waals surface area contributed by atoms with Gasteiger partial charge >= 0.3 is 5.97 Å². The SMILES string of the molecule is CCn1c(S[C@@H]2CCOC2=O)nc2sc(C)c(C)c2c1=O. The molecule has 5 nitrogen and oxygen atoms in total. The van der Waals surface area contributed by atoms with Gasteiger partial charge in [-0.15, -0.1) is 11.3 Å². The number of hydrogen-bond acceptors (Lipinski definition) is 6. The number of fused-ring (bicyclic) bond motifs is 1. The molecule has 0 aromatic carbocycles. The molecule has 1 aliphatic rings. The highest BCUT2D eigenvalue weighted by molar-refractivity contribution is 8.00. The second-order valence-electron chi connectivity index (χ2n) is 4.97. The molecule has 0 aliphatic carbocycles. The fourth-order valence-electron chi connectivity index (χ4n) is 2.39. The van der Waals surface area contributed by atoms with Crippen LogP contribution in [0.3, 0.4) is 0 Å². The normalized spacial score (nSPS) is 18.4. The van der Waals surface area contributed by atoms with Gasteiger partial charge in [0.25, 0.3) is 5.56 Å². The molecule has 0 amide bonds. The fraction of sp³-hybridized carbons (Fsp3) is 0.500. The van der Waals surface area contributed by atoms with Crippen molar-refractivity contribution in [2.75, 3.05) is 6.61 Å². The molecule has 21 heavy (non-hydrogen) atoms. The number of rotatable bonds is 3. The molecule has 0 bridgehead atoms. The molecule has 1 aliphatic heterocycles. The first-order valence-electron chi connectivity index (χ1n) is 6.86. The van der Waals surface area contributed by atoms with E-state index in [1.807, 2.05) is 20.8 Å². The van der Waals surface area contributed by atoms with E-state index in [-0.39, 0.29) is 16.8 Å². The first kappa shape index (κ1) is 14.6. The number of nitrogens with zero attached hydrogens (tertiary/aromatic N) is 2. The Morgan fingerprint density at radius 3 is 2.81 bits per heavy atom. The maximum Gasteiger partial charge on any atom is 0.319 e. The van der Waals surface area contributed by atoms with Gasteiger partial charge in [-0.25, -0.2) is 4.98 Å². The van der Waals surface area contributed by atoms with Crippen molar-refractivity contribution in [3.63, 3.8) is 0 Å². The molecule has 7 heteroatoms. The Balaban J connectivity index is 2.13. The lowest BCUT2D eigenvalue weighted by molar-refractivity contribution is -0.137. The molecule has 1 atom stereocenters. The van der Waals surface area contributed by atoms with Gasteiger partial charge in [0, 0.05) is 17.8 Å². The molecule has 3 rings (SSSR count). The Bertz CT molecular complexity index is 779. The minimum atomic E-state index is -0.255. The summed E-state index contributed by atoms with van der Waals surface area (Å²) < 4.78 is 6.63. The van der Waals surface area contributed by atoms with E-state index in [2.05, 4.69) is 4.98 Å². The molecular weight excluding hydrogens is 308 g/mol. The van der Waals surface area contributed by atoms with E-state index in [0.717, 1.165) is 15.3 Å². The molecule has 0 unspecified atom stereocenters. The van der Waals surface area contributed by atoms with Crippen LogP contribution in [0.5, 0.6) is 0 Å². The highest BCUT2D eigenvalue weighted by Crippen LogP contribution is 2.31. The van der Waals surface area contributed by atoms with Gasteiger partial charge in [0.05, 0.1) is 12.0 Å². The number of aromatic nitrogens is 2. The Morgan fingerprint density at radius 1 is 1.43 bits per heavy atom. The molecule has 2 aromatic heterocycles. The number of hydrogen-bond donors (Lipinski definition) is 0. The minimum Gasteiger partial charge on any atom is -0.465 e. The standard InChI is InChI=1S/C14H16N2O3S2/c1-4-16-12(17)10-7(2)8(3)20-11(10)15-14(16)21-9-5-6-19-13(9)18/h9H,4-6H2,1-3H3/t9-/m1/s1. The number of thiophene rings is 1. The van der Waals surface area contributed by atoms with E-state index in [1.54, 1.807) is 4.57 Å². The first-order valence-corrected chi connectivity index (χ1v) is 8.56. The van der Waals surface area contributed by atoms with Gasteiger partial charge in [0.15, 0.2) is 5.16 Å². The maximum absolute atomic E-state index is 12.7. The summed E-state index contributed by atoms with van der Waals surface area (Å²) in [4.78, 5) is 30.8. The van der Waals surface area contributed by atoms with E-state index in [1.165, 1.54) is 23.1 Å². The zero-order valence-corrected chi connectivity index (χ0v) is 13.8. The summed E-state index contributed by atoms with van der Waals surface area (Å²) in [5, 5.41) is 1.06. The molecule has 0 saturated carbocycles. The number of carbonyl (C=O) groups excluding carboxylic acids is 1. The third-order valence-corrected chi connectivity index (χ3v) is 6.04. The highest BCUT2D eigenvalue weighted by Gasteiger charge is 2.29. The van der Waals surface area contributed by atoms with Crippen LogP contribution in [0.25, 0.3) is 10.2 Å². The summed E-state index contributed by atoms with van der Waals surface area (Å²) in [6.07, 6.45) is 0.670. The van der Waals surface area contributed by atoms with E-state index in [9.17, 15) is 9.59 Å². The van der Waals surface area contributed by atoms with Crippen molar-refractivity contribution >= 4 is 39.3 Å². The summed E-state index contributed by atoms with van der Waals surface area (Å²) in [7, 11) is 0. The molecular formula is C14H16N2O3S2. The average Bonchev–Trinajstić information content (AvgIpc) is 2.95. The van der Waals surface area contributed by atoms with Crippen LogP contribution in [0.15, 0.2) is 9.95 Å². The predicted octanol–water partition coefficient (Wildman–Crippen LogP) is 2.50. The van der Waals surface area contributed by atoms with E-state index < -0.39 is 0 Å². The molecule has 2 aromatic rings. The summed E-state index contributed by atoms with van der Waals surface area (Å²) >= 11 is 2.87. The topological polar surface area (TPSA) is 61.2 Å².